The number of hydrogen-bond acceptors (Lipinski definition) is 12. The molecule has 2 aromatic rings. The van der Waals surface area contributed by atoms with Crippen LogP contribution in [0.15, 0.2) is 24.5 Å². The molecule has 0 saturated carbocycles. The van der Waals surface area contributed by atoms with Gasteiger partial charge in [0, 0.05) is 70.4 Å². The summed E-state index contributed by atoms with van der Waals surface area (Å²) in [6.07, 6.45) is -2.29. The summed E-state index contributed by atoms with van der Waals surface area (Å²) in [4.78, 5) is 39.4. The van der Waals surface area contributed by atoms with Gasteiger partial charge in [0.05, 0.1) is 52.6 Å². The number of hydrogen-bond donors (Lipinski definition) is 5. The largest absolute Gasteiger partial charge is 0.387 e. The Labute approximate surface area is 343 Å². The first kappa shape index (κ1) is 45.9. The zero-order valence-electron chi connectivity index (χ0n) is 36.1. The number of likely N-dealkylation sites (N-methyl/N-ethyl adjacent to an activating group) is 1. The Morgan fingerprint density at radius 1 is 1.09 bits per heavy atom. The second kappa shape index (κ2) is 19.0. The van der Waals surface area contributed by atoms with E-state index in [9.17, 15) is 24.9 Å². The Hall–Kier alpha value is -3.17. The summed E-state index contributed by atoms with van der Waals surface area (Å²) in [5, 5.41) is 38.2. The predicted octanol–water partition coefficient (Wildman–Crippen LogP) is 2.80. The summed E-state index contributed by atoms with van der Waals surface area (Å²) in [5.74, 6) is 3.98. The summed E-state index contributed by atoms with van der Waals surface area (Å²) in [6.45, 7) is 13.0. The number of aliphatic hydroxyl groups excluding tert-OH is 2. The zero-order valence-corrected chi connectivity index (χ0v) is 36.1. The van der Waals surface area contributed by atoms with Crippen LogP contribution in [0.5, 0.6) is 0 Å². The van der Waals surface area contributed by atoms with Gasteiger partial charge in [-0.3, -0.25) is 14.6 Å². The molecule has 0 spiro atoms. The average molecular weight is 814 g/mol. The molecule has 3 aliphatic rings. The maximum Gasteiger partial charge on any atom is 0.225 e. The number of ether oxygens (including phenoxy) is 5. The van der Waals surface area contributed by atoms with Gasteiger partial charge in [-0.05, 0) is 72.7 Å². The fourth-order valence-corrected chi connectivity index (χ4v) is 9.07. The number of nitrogens with zero attached hydrogens (tertiary/aromatic N) is 3. The van der Waals surface area contributed by atoms with E-state index >= 15 is 0 Å². The molecule has 2 aromatic heterocycles. The van der Waals surface area contributed by atoms with E-state index in [1.54, 1.807) is 52.0 Å². The van der Waals surface area contributed by atoms with Gasteiger partial charge in [0.2, 0.25) is 11.8 Å². The van der Waals surface area contributed by atoms with Crippen LogP contribution >= 0.6 is 0 Å². The summed E-state index contributed by atoms with van der Waals surface area (Å²) in [6, 6.07) is 2.84. The monoisotopic (exact) mass is 813 g/mol. The lowest BCUT2D eigenvalue weighted by atomic mass is 9.77. The van der Waals surface area contributed by atoms with Crippen molar-refractivity contribution in [2.24, 2.45) is 17.8 Å². The highest BCUT2D eigenvalue weighted by Crippen LogP contribution is 2.39. The standard InChI is InChI=1S/C43H67N5O10/c1-24-20-42(6,53)39(58-41-36(50)32(47(8)9)18-25(2)55-41)26(3)37(57-34-21-43(7,54-11)38(51)28(5)56-34)27(4)40(52)46-30(19-33(49)48(10)23-24)15-12-14-29-22-45-31-16-13-17-44-35(29)31/h13,16-17,22,24-28,30,32,34,36-39,41,45,50-51,53H,15,18-21,23H2,1-11H3,(H,46,52)/t24-,25-,26+,27-,28+,30-,32+,34+,36-,37+,38+,39-,41+,42-,43-/m1/s1. The van der Waals surface area contributed by atoms with Crippen molar-refractivity contribution in [3.05, 3.63) is 30.1 Å². The molecule has 5 heterocycles. The molecule has 2 amide bonds. The Morgan fingerprint density at radius 2 is 1.81 bits per heavy atom. The average Bonchev–Trinajstić information content (AvgIpc) is 3.57. The summed E-state index contributed by atoms with van der Waals surface area (Å²) in [7, 11) is 7.02. The quantitative estimate of drug-likeness (QED) is 0.258. The molecule has 5 N–H and O–H groups in total. The number of methoxy groups -OCH3 is 1. The number of pyridine rings is 1. The number of nitrogens with one attached hydrogen (secondary N) is 2. The number of amides is 2. The minimum absolute atomic E-state index is 0.00116. The van der Waals surface area contributed by atoms with Crippen LogP contribution in [0, 0.1) is 29.6 Å². The molecule has 3 aliphatic heterocycles. The van der Waals surface area contributed by atoms with E-state index in [4.69, 9.17) is 23.7 Å². The minimum Gasteiger partial charge on any atom is -0.387 e. The van der Waals surface area contributed by atoms with Crippen LogP contribution in [0.4, 0.5) is 0 Å². The Morgan fingerprint density at radius 3 is 2.50 bits per heavy atom. The number of rotatable bonds is 7. The second-order valence-electron chi connectivity index (χ2n) is 17.8. The van der Waals surface area contributed by atoms with Crippen LogP contribution in [0.1, 0.15) is 86.1 Å². The predicted molar refractivity (Wildman–Crippen MR) is 217 cm³/mol. The van der Waals surface area contributed by atoms with E-state index in [2.05, 4.69) is 27.1 Å². The molecule has 3 fully saturated rings. The Bertz CT molecular complexity index is 1760. The third-order valence-electron chi connectivity index (χ3n) is 12.4. The molecule has 0 bridgehead atoms. The summed E-state index contributed by atoms with van der Waals surface area (Å²) >= 11 is 0. The van der Waals surface area contributed by atoms with Crippen molar-refractivity contribution in [1.29, 1.82) is 0 Å². The Balaban J connectivity index is 1.53. The highest BCUT2D eigenvalue weighted by atomic mass is 16.7. The van der Waals surface area contributed by atoms with Crippen molar-refractivity contribution in [3.8, 4) is 11.8 Å². The third kappa shape index (κ3) is 10.6. The molecule has 15 nitrogen and oxygen atoms in total. The van der Waals surface area contributed by atoms with Crippen LogP contribution in [0.25, 0.3) is 11.0 Å². The van der Waals surface area contributed by atoms with E-state index in [1.807, 2.05) is 51.9 Å². The molecule has 324 valence electrons. The smallest absolute Gasteiger partial charge is 0.225 e. The van der Waals surface area contributed by atoms with Gasteiger partial charge in [0.15, 0.2) is 12.6 Å². The first-order valence-electron chi connectivity index (χ1n) is 20.6. The van der Waals surface area contributed by atoms with Crippen LogP contribution < -0.4 is 5.32 Å². The number of aliphatic hydroxyl groups is 3. The SMILES string of the molecule is CO[C@]1(C)C[C@H](O[C@H]2[C@H](C)[C@@H](O[C@@H]3O[C@H](C)C[C@H](N(C)C)[C@H]3O)[C@](C)(O)C[C@@H](C)CN(C)C(=O)C[C@@H](CC#Cc3c[nH]c4cccnc34)NC(=O)[C@@H]2C)O[C@@H](C)[C@@H]1O. The molecule has 3 saturated heterocycles. The fraction of sp³-hybridized carbons (Fsp3) is 0.744. The third-order valence-corrected chi connectivity index (χ3v) is 12.4. The number of aromatic nitrogens is 2. The fourth-order valence-electron chi connectivity index (χ4n) is 9.07. The van der Waals surface area contributed by atoms with Gasteiger partial charge >= 0.3 is 0 Å². The Kier molecular flexibility index (Phi) is 15.1. The molecular formula is C43H67N5O10. The first-order chi connectivity index (χ1) is 27.2. The number of H-pyrrole nitrogens is 1. The first-order valence-corrected chi connectivity index (χ1v) is 20.6. The van der Waals surface area contributed by atoms with Crippen molar-refractivity contribution in [2.75, 3.05) is 34.8 Å². The van der Waals surface area contributed by atoms with Gasteiger partial charge in [-0.15, -0.1) is 0 Å². The van der Waals surface area contributed by atoms with Crippen LogP contribution in [-0.4, -0.2) is 154 Å². The van der Waals surface area contributed by atoms with Crippen molar-refractivity contribution in [3.63, 3.8) is 0 Å². The minimum atomic E-state index is -1.56. The highest BCUT2D eigenvalue weighted by Gasteiger charge is 2.51. The van der Waals surface area contributed by atoms with Gasteiger partial charge in [-0.25, -0.2) is 0 Å². The van der Waals surface area contributed by atoms with Gasteiger partial charge in [0.25, 0.3) is 0 Å². The molecule has 15 heteroatoms. The van der Waals surface area contributed by atoms with Crippen molar-refractivity contribution in [1.82, 2.24) is 25.1 Å². The molecular weight excluding hydrogens is 746 g/mol. The van der Waals surface area contributed by atoms with Crippen LogP contribution in [-0.2, 0) is 33.3 Å². The van der Waals surface area contributed by atoms with Crippen molar-refractivity contribution >= 4 is 22.8 Å². The lowest BCUT2D eigenvalue weighted by Crippen LogP contribution is -2.61. The van der Waals surface area contributed by atoms with Crippen molar-refractivity contribution < 1.29 is 48.6 Å². The topological polar surface area (TPSA) is 188 Å². The number of carbonyl (C=O) groups excluding carboxylic acids is 2. The maximum atomic E-state index is 14.5. The normalized spacial score (nSPS) is 39.8. The van der Waals surface area contributed by atoms with Gasteiger partial charge < -0.3 is 59.1 Å². The number of aromatic amines is 1. The van der Waals surface area contributed by atoms with Crippen LogP contribution in [0.2, 0.25) is 0 Å². The molecule has 15 atom stereocenters. The van der Waals surface area contributed by atoms with E-state index in [0.29, 0.717) is 18.5 Å². The number of carbonyl (C=O) groups is 2. The van der Waals surface area contributed by atoms with Gasteiger partial charge in [-0.1, -0.05) is 32.6 Å². The highest BCUT2D eigenvalue weighted by molar-refractivity contribution is 5.82. The summed E-state index contributed by atoms with van der Waals surface area (Å²) in [5.41, 5.74) is -0.271. The lowest BCUT2D eigenvalue weighted by molar-refractivity contribution is -0.317. The van der Waals surface area contributed by atoms with Crippen molar-refractivity contribution in [2.45, 2.75) is 153 Å². The second-order valence-corrected chi connectivity index (χ2v) is 17.8. The van der Waals surface area contributed by atoms with E-state index in [0.717, 1.165) is 11.0 Å². The molecule has 0 aliphatic carbocycles. The lowest BCUT2D eigenvalue weighted by Gasteiger charge is -2.49. The van der Waals surface area contributed by atoms with Gasteiger partial charge in [-0.2, -0.15) is 0 Å². The molecule has 0 radical (unpaired) electrons. The molecule has 0 unspecified atom stereocenters. The maximum absolute atomic E-state index is 14.5. The molecule has 5 rings (SSSR count). The zero-order chi connectivity index (χ0) is 42.7. The molecule has 0 aromatic carbocycles. The van der Waals surface area contributed by atoms with E-state index < -0.39 is 78.1 Å². The number of fused-ring (bicyclic) bond motifs is 1. The van der Waals surface area contributed by atoms with E-state index in [1.165, 1.54) is 7.11 Å². The van der Waals surface area contributed by atoms with Gasteiger partial charge in [0.1, 0.15) is 17.7 Å². The summed E-state index contributed by atoms with van der Waals surface area (Å²) < 4.78 is 31.7. The van der Waals surface area contributed by atoms with E-state index in [-0.39, 0.29) is 49.7 Å². The molecule has 58 heavy (non-hydrogen) atoms. The van der Waals surface area contributed by atoms with Crippen LogP contribution in [0.3, 0.4) is 0 Å².